The van der Waals surface area contributed by atoms with Gasteiger partial charge in [0.1, 0.15) is 5.60 Å². The third kappa shape index (κ3) is 9.14. The van der Waals surface area contributed by atoms with Crippen molar-refractivity contribution in [2.24, 2.45) is 17.3 Å². The monoisotopic (exact) mass is 812 g/mol. The third-order valence-electron chi connectivity index (χ3n) is 10.2. The molecule has 0 unspecified atom stereocenters. The molecule has 11 atom stereocenters. The van der Waals surface area contributed by atoms with E-state index in [2.05, 4.69) is 0 Å². The molecular formula is C38H52O19. The molecule has 3 rings (SSSR count). The molecule has 0 aromatic carbocycles. The van der Waals surface area contributed by atoms with Crippen LogP contribution in [0.5, 0.6) is 0 Å². The smallest absolute Gasteiger partial charge is 0.308 e. The molecule has 0 aromatic rings. The molecule has 57 heavy (non-hydrogen) atoms. The summed E-state index contributed by atoms with van der Waals surface area (Å²) in [7, 11) is 0. The molecule has 318 valence electrons. The lowest BCUT2D eigenvalue weighted by Crippen LogP contribution is -2.73. The minimum Gasteiger partial charge on any atom is -0.458 e. The third-order valence-corrected chi connectivity index (χ3v) is 10.2. The van der Waals surface area contributed by atoms with E-state index in [0.717, 1.165) is 67.5 Å². The zero-order chi connectivity index (χ0) is 43.8. The van der Waals surface area contributed by atoms with Crippen LogP contribution in [0.1, 0.15) is 95.9 Å². The number of Topliss-reactive ketones (excluding diaryl/α,β-unsaturated/α-hetero) is 1. The van der Waals surface area contributed by atoms with Crippen LogP contribution in [-0.2, 0) is 81.0 Å². The standard InChI is InChI=1S/C38H52O19/c1-17(2)31(46)55-30-26(50-18(3)39)29(52-20(5)41)34(9,10)15-16-35(11,48)32(47)38(49)25(28-37(30,57-23(8)44)14-13-24(45)54-28)27(51-19(4)40)36(12,56-22(7)43)33(38)53-21(6)42/h15-17,25-30,33,48-49H,13-14H2,1-12H3/b16-15-/t25-,26+,27-,28-,29-,30-,33-,35-,36+,37+,38-/m1/s1. The number of rotatable bonds is 8. The lowest BCUT2D eigenvalue weighted by molar-refractivity contribution is -0.273. The Balaban J connectivity index is 2.81. The molecule has 0 aromatic heterocycles. The quantitative estimate of drug-likeness (QED) is 0.196. The van der Waals surface area contributed by atoms with E-state index in [4.69, 9.17) is 37.9 Å². The lowest BCUT2D eigenvalue weighted by atomic mass is 9.65. The summed E-state index contributed by atoms with van der Waals surface area (Å²) in [4.78, 5) is 120. The maximum atomic E-state index is 15.1. The molecule has 19 nitrogen and oxygen atoms in total. The van der Waals surface area contributed by atoms with Gasteiger partial charge in [0.05, 0.1) is 11.8 Å². The molecule has 1 saturated heterocycles. The normalized spacial score (nSPS) is 36.6. The Labute approximate surface area is 328 Å². The Morgan fingerprint density at radius 1 is 0.684 bits per heavy atom. The Kier molecular flexibility index (Phi) is 13.5. The number of aliphatic hydroxyl groups is 2. The fourth-order valence-electron chi connectivity index (χ4n) is 7.98. The van der Waals surface area contributed by atoms with Crippen LogP contribution in [-0.4, -0.2) is 123 Å². The highest BCUT2D eigenvalue weighted by atomic mass is 16.7. The Morgan fingerprint density at radius 3 is 1.67 bits per heavy atom. The first-order valence-electron chi connectivity index (χ1n) is 18.2. The number of fused-ring (bicyclic) bond motifs is 3. The van der Waals surface area contributed by atoms with E-state index < -0.39 is 143 Å². The van der Waals surface area contributed by atoms with Crippen molar-refractivity contribution in [3.63, 3.8) is 0 Å². The highest BCUT2D eigenvalue weighted by Gasteiger charge is 2.81. The predicted molar refractivity (Wildman–Crippen MR) is 188 cm³/mol. The van der Waals surface area contributed by atoms with Crippen LogP contribution in [0.2, 0.25) is 0 Å². The molecule has 3 aliphatic rings. The molecule has 19 heteroatoms. The van der Waals surface area contributed by atoms with Crippen LogP contribution < -0.4 is 0 Å². The van der Waals surface area contributed by atoms with E-state index in [0.29, 0.717) is 0 Å². The number of carbonyl (C=O) groups excluding carboxylic acids is 9. The van der Waals surface area contributed by atoms with Gasteiger partial charge in [-0.1, -0.05) is 33.8 Å². The number of hydrogen-bond acceptors (Lipinski definition) is 19. The van der Waals surface area contributed by atoms with Crippen molar-refractivity contribution in [3.8, 4) is 0 Å². The Hall–Kier alpha value is -4.91. The lowest BCUT2D eigenvalue weighted by Gasteiger charge is -2.53. The van der Waals surface area contributed by atoms with Crippen molar-refractivity contribution in [1.29, 1.82) is 0 Å². The van der Waals surface area contributed by atoms with Crippen molar-refractivity contribution in [1.82, 2.24) is 0 Å². The van der Waals surface area contributed by atoms with Gasteiger partial charge in [0.15, 0.2) is 53.4 Å². The maximum Gasteiger partial charge on any atom is 0.308 e. The number of hydrogen-bond donors (Lipinski definition) is 2. The van der Waals surface area contributed by atoms with Gasteiger partial charge in [0.2, 0.25) is 5.78 Å². The summed E-state index contributed by atoms with van der Waals surface area (Å²) in [6, 6.07) is 0. The zero-order valence-electron chi connectivity index (χ0n) is 34.0. The topological polar surface area (TPSA) is 268 Å². The molecule has 1 aliphatic heterocycles. The molecule has 0 amide bonds. The summed E-state index contributed by atoms with van der Waals surface area (Å²) < 4.78 is 46.4. The van der Waals surface area contributed by atoms with Crippen molar-refractivity contribution < 1.29 is 91.3 Å². The van der Waals surface area contributed by atoms with Crippen molar-refractivity contribution in [2.75, 3.05) is 0 Å². The molecule has 1 heterocycles. The Bertz CT molecular complexity index is 1710. The van der Waals surface area contributed by atoms with Crippen LogP contribution >= 0.6 is 0 Å². The summed E-state index contributed by atoms with van der Waals surface area (Å²) in [6.07, 6.45) is -12.2. The number of ketones is 1. The first-order chi connectivity index (χ1) is 26.0. The van der Waals surface area contributed by atoms with Gasteiger partial charge in [-0.2, -0.15) is 0 Å². The van der Waals surface area contributed by atoms with Crippen LogP contribution in [0.4, 0.5) is 0 Å². The molecule has 0 bridgehead atoms. The summed E-state index contributed by atoms with van der Waals surface area (Å²) in [5, 5.41) is 25.2. The van der Waals surface area contributed by atoms with Gasteiger partial charge < -0.3 is 48.1 Å². The van der Waals surface area contributed by atoms with Crippen LogP contribution in [0, 0.1) is 17.3 Å². The highest BCUT2D eigenvalue weighted by Crippen LogP contribution is 2.57. The second-order valence-corrected chi connectivity index (χ2v) is 15.9. The predicted octanol–water partition coefficient (Wildman–Crippen LogP) is 0.887. The summed E-state index contributed by atoms with van der Waals surface area (Å²) in [5.41, 5.74) is -13.2. The maximum absolute atomic E-state index is 15.1. The second-order valence-electron chi connectivity index (χ2n) is 15.9. The number of carbonyl (C=O) groups is 9. The molecule has 2 N–H and O–H groups in total. The van der Waals surface area contributed by atoms with Crippen molar-refractivity contribution >= 4 is 53.5 Å². The molecule has 2 aliphatic carbocycles. The second kappa shape index (κ2) is 16.5. The summed E-state index contributed by atoms with van der Waals surface area (Å²) >= 11 is 0. The van der Waals surface area contributed by atoms with E-state index in [1.54, 1.807) is 0 Å². The first-order valence-corrected chi connectivity index (χ1v) is 18.2. The van der Waals surface area contributed by atoms with Crippen molar-refractivity contribution in [2.45, 2.75) is 155 Å². The minimum atomic E-state index is -3.44. The largest absolute Gasteiger partial charge is 0.458 e. The van der Waals surface area contributed by atoms with E-state index >= 15 is 4.79 Å². The molecule has 2 fully saturated rings. The SMILES string of the molecule is CC(=O)O[C@H]1[C@@H](OC(C)=O)C(C)(C)/C=C\[C@@](C)(O)C(=O)[C@]2(O)[C@H]([C@@H](OC(C)=O)[C@](C)(OC(C)=O)[C@H]2OC(C)=O)[C@H]2OC(=O)CC[C@@]2(OC(C)=O)[C@@H]1OC(=O)C(C)C. The molecular weight excluding hydrogens is 760 g/mol. The summed E-state index contributed by atoms with van der Waals surface area (Å²) in [6.45, 7) is 13.2. The van der Waals surface area contributed by atoms with Gasteiger partial charge in [-0.3, -0.25) is 43.2 Å². The van der Waals surface area contributed by atoms with Gasteiger partial charge in [0.25, 0.3) is 0 Å². The van der Waals surface area contributed by atoms with Gasteiger partial charge in [0, 0.05) is 59.8 Å². The fraction of sp³-hybridized carbons (Fsp3) is 0.711. The molecule has 0 spiro atoms. The first kappa shape index (κ1) is 46.5. The fourth-order valence-corrected chi connectivity index (χ4v) is 7.98. The molecule has 1 saturated carbocycles. The van der Waals surface area contributed by atoms with Gasteiger partial charge in [-0.05, 0) is 19.9 Å². The summed E-state index contributed by atoms with van der Waals surface area (Å²) in [5.74, 6) is -13.7. The minimum absolute atomic E-state index is 0.641. The van der Waals surface area contributed by atoms with Gasteiger partial charge in [-0.25, -0.2) is 0 Å². The van der Waals surface area contributed by atoms with Gasteiger partial charge in [-0.15, -0.1) is 0 Å². The van der Waals surface area contributed by atoms with E-state index in [1.807, 2.05) is 0 Å². The van der Waals surface area contributed by atoms with Crippen LogP contribution in [0.25, 0.3) is 0 Å². The van der Waals surface area contributed by atoms with E-state index in [-0.39, 0.29) is 0 Å². The van der Waals surface area contributed by atoms with E-state index in [9.17, 15) is 48.6 Å². The van der Waals surface area contributed by atoms with Crippen LogP contribution in [0.3, 0.4) is 0 Å². The molecule has 0 radical (unpaired) electrons. The highest BCUT2D eigenvalue weighted by molar-refractivity contribution is 5.98. The average molecular weight is 813 g/mol. The average Bonchev–Trinajstić information content (AvgIpc) is 3.21. The zero-order valence-corrected chi connectivity index (χ0v) is 34.0. The number of ether oxygens (including phenoxy) is 8. The number of esters is 8. The van der Waals surface area contributed by atoms with Crippen LogP contribution in [0.15, 0.2) is 12.2 Å². The van der Waals surface area contributed by atoms with Gasteiger partial charge >= 0.3 is 47.8 Å². The Morgan fingerprint density at radius 2 is 1.19 bits per heavy atom. The van der Waals surface area contributed by atoms with E-state index in [1.165, 1.54) is 27.7 Å². The van der Waals surface area contributed by atoms with Crippen molar-refractivity contribution in [3.05, 3.63) is 12.2 Å².